The number of hydrogen-bond donors (Lipinski definition) is 1. The lowest BCUT2D eigenvalue weighted by molar-refractivity contribution is -0.134. The van der Waals surface area contributed by atoms with Crippen LogP contribution in [0.1, 0.15) is 30.0 Å². The molecule has 24 heavy (non-hydrogen) atoms. The van der Waals surface area contributed by atoms with E-state index < -0.39 is 0 Å². The van der Waals surface area contributed by atoms with Gasteiger partial charge in [0.25, 0.3) is 0 Å². The van der Waals surface area contributed by atoms with Gasteiger partial charge in [-0.1, -0.05) is 18.2 Å². The number of aromatic nitrogens is 2. The Balaban J connectivity index is 1.73. The van der Waals surface area contributed by atoms with E-state index in [1.54, 1.807) is 4.68 Å². The first-order valence-corrected chi connectivity index (χ1v) is 8.15. The standard InChI is InChI=1S/C17H19N3O4/c1-20-16-10(9-14-23-7-8-24-14)3-2-4-11(16)15(19-20)12-5-6-13(21)18-17(12)22/h2-4,12,14H,5-9H2,1H3,(H,18,21,22). The number of benzene rings is 1. The van der Waals surface area contributed by atoms with Gasteiger partial charge in [-0.3, -0.25) is 19.6 Å². The molecule has 2 aromatic rings. The van der Waals surface area contributed by atoms with Crippen LogP contribution in [0.15, 0.2) is 18.2 Å². The smallest absolute Gasteiger partial charge is 0.235 e. The number of nitrogens with one attached hydrogen (secondary N) is 1. The molecule has 0 saturated carbocycles. The normalized spacial score (nSPS) is 22.3. The van der Waals surface area contributed by atoms with Crippen molar-refractivity contribution in [2.45, 2.75) is 31.5 Å². The molecule has 0 spiro atoms. The van der Waals surface area contributed by atoms with Gasteiger partial charge in [0.05, 0.1) is 30.3 Å². The number of hydrogen-bond acceptors (Lipinski definition) is 5. The summed E-state index contributed by atoms with van der Waals surface area (Å²) < 4.78 is 12.9. The Hall–Kier alpha value is -2.25. The van der Waals surface area contributed by atoms with Crippen LogP contribution in [0.3, 0.4) is 0 Å². The number of rotatable bonds is 3. The monoisotopic (exact) mass is 329 g/mol. The van der Waals surface area contributed by atoms with Crippen molar-refractivity contribution in [1.29, 1.82) is 0 Å². The van der Waals surface area contributed by atoms with E-state index in [9.17, 15) is 9.59 Å². The summed E-state index contributed by atoms with van der Waals surface area (Å²) in [6.07, 6.45) is 1.25. The Labute approximate surface area is 138 Å². The highest BCUT2D eigenvalue weighted by Gasteiger charge is 2.32. The van der Waals surface area contributed by atoms with Crippen molar-refractivity contribution in [3.63, 3.8) is 0 Å². The maximum atomic E-state index is 12.2. The third-order valence-electron chi connectivity index (χ3n) is 4.62. The second kappa shape index (κ2) is 5.99. The van der Waals surface area contributed by atoms with Gasteiger partial charge in [0.15, 0.2) is 6.29 Å². The van der Waals surface area contributed by atoms with Crippen molar-refractivity contribution >= 4 is 22.7 Å². The minimum absolute atomic E-state index is 0.215. The van der Waals surface area contributed by atoms with Gasteiger partial charge < -0.3 is 9.47 Å². The average molecular weight is 329 g/mol. The van der Waals surface area contributed by atoms with Crippen LogP contribution in [-0.4, -0.2) is 41.1 Å². The summed E-state index contributed by atoms with van der Waals surface area (Å²) in [5.74, 6) is -0.868. The van der Waals surface area contributed by atoms with E-state index in [1.807, 2.05) is 25.2 Å². The van der Waals surface area contributed by atoms with Gasteiger partial charge >= 0.3 is 0 Å². The number of para-hydroxylation sites is 1. The third-order valence-corrected chi connectivity index (χ3v) is 4.62. The van der Waals surface area contributed by atoms with Crippen LogP contribution >= 0.6 is 0 Å². The lowest BCUT2D eigenvalue weighted by atomic mass is 9.92. The summed E-state index contributed by atoms with van der Waals surface area (Å²) in [5.41, 5.74) is 2.79. The minimum atomic E-state index is -0.388. The predicted molar refractivity (Wildman–Crippen MR) is 85.2 cm³/mol. The molecule has 1 aromatic carbocycles. The van der Waals surface area contributed by atoms with Gasteiger partial charge in [0.2, 0.25) is 11.8 Å². The molecule has 7 nitrogen and oxygen atoms in total. The molecule has 2 amide bonds. The Morgan fingerprint density at radius 2 is 2.08 bits per heavy atom. The van der Waals surface area contributed by atoms with Crippen molar-refractivity contribution < 1.29 is 19.1 Å². The number of amides is 2. The van der Waals surface area contributed by atoms with E-state index in [2.05, 4.69) is 10.4 Å². The molecular formula is C17H19N3O4. The zero-order valence-electron chi connectivity index (χ0n) is 13.4. The fraction of sp³-hybridized carbons (Fsp3) is 0.471. The molecule has 2 aliphatic rings. The van der Waals surface area contributed by atoms with Crippen LogP contribution in [0.25, 0.3) is 10.9 Å². The Morgan fingerprint density at radius 3 is 2.83 bits per heavy atom. The van der Waals surface area contributed by atoms with Crippen LogP contribution in [0, 0.1) is 0 Å². The molecule has 0 radical (unpaired) electrons. The van der Waals surface area contributed by atoms with Gasteiger partial charge in [-0.25, -0.2) is 0 Å². The SMILES string of the molecule is Cn1nc(C2CCC(=O)NC2=O)c2cccc(CC3OCCO3)c21. The molecule has 1 N–H and O–H groups in total. The summed E-state index contributed by atoms with van der Waals surface area (Å²) in [7, 11) is 1.87. The van der Waals surface area contributed by atoms with Crippen LogP contribution in [-0.2, 0) is 32.5 Å². The zero-order chi connectivity index (χ0) is 16.7. The Bertz CT molecular complexity index is 808. The number of fused-ring (bicyclic) bond motifs is 1. The highest BCUT2D eigenvalue weighted by Crippen LogP contribution is 2.32. The van der Waals surface area contributed by atoms with E-state index in [-0.39, 0.29) is 24.0 Å². The third kappa shape index (κ3) is 2.59. The van der Waals surface area contributed by atoms with E-state index in [4.69, 9.17) is 9.47 Å². The first-order chi connectivity index (χ1) is 11.6. The van der Waals surface area contributed by atoms with Crippen molar-refractivity contribution in [3.05, 3.63) is 29.5 Å². The number of ether oxygens (including phenoxy) is 2. The minimum Gasteiger partial charge on any atom is -0.350 e. The number of aryl methyl sites for hydroxylation is 1. The fourth-order valence-corrected chi connectivity index (χ4v) is 3.53. The van der Waals surface area contributed by atoms with Gasteiger partial charge in [0.1, 0.15) is 0 Å². The summed E-state index contributed by atoms with van der Waals surface area (Å²) in [6, 6.07) is 5.97. The van der Waals surface area contributed by atoms with Crippen molar-refractivity contribution in [3.8, 4) is 0 Å². The summed E-state index contributed by atoms with van der Waals surface area (Å²) in [5, 5.41) is 7.94. The quantitative estimate of drug-likeness (QED) is 0.850. The first kappa shape index (κ1) is 15.3. The predicted octanol–water partition coefficient (Wildman–Crippen LogP) is 1.01. The highest BCUT2D eigenvalue weighted by molar-refractivity contribution is 6.02. The number of nitrogens with zero attached hydrogens (tertiary/aromatic N) is 2. The summed E-state index contributed by atoms with van der Waals surface area (Å²) >= 11 is 0. The van der Waals surface area contributed by atoms with Crippen molar-refractivity contribution in [2.24, 2.45) is 7.05 Å². The molecule has 3 heterocycles. The van der Waals surface area contributed by atoms with Crippen molar-refractivity contribution in [2.75, 3.05) is 13.2 Å². The van der Waals surface area contributed by atoms with Crippen LogP contribution in [0.4, 0.5) is 0 Å². The summed E-state index contributed by atoms with van der Waals surface area (Å²) in [4.78, 5) is 23.6. The molecular weight excluding hydrogens is 310 g/mol. The molecule has 1 atom stereocenters. The van der Waals surface area contributed by atoms with E-state index in [0.29, 0.717) is 32.5 Å². The van der Waals surface area contributed by atoms with Gasteiger partial charge in [-0.05, 0) is 12.0 Å². The molecule has 2 aliphatic heterocycles. The summed E-state index contributed by atoms with van der Waals surface area (Å²) in [6.45, 7) is 1.24. The van der Waals surface area contributed by atoms with Crippen molar-refractivity contribution in [1.82, 2.24) is 15.1 Å². The zero-order valence-corrected chi connectivity index (χ0v) is 13.4. The molecule has 1 aromatic heterocycles. The molecule has 7 heteroatoms. The second-order valence-corrected chi connectivity index (χ2v) is 6.20. The first-order valence-electron chi connectivity index (χ1n) is 8.15. The lowest BCUT2D eigenvalue weighted by Gasteiger charge is -2.19. The largest absolute Gasteiger partial charge is 0.350 e. The molecule has 4 rings (SSSR count). The molecule has 0 aliphatic carbocycles. The van der Waals surface area contributed by atoms with E-state index in [1.165, 1.54) is 0 Å². The van der Waals surface area contributed by atoms with Crippen LogP contribution in [0.2, 0.25) is 0 Å². The van der Waals surface area contributed by atoms with Gasteiger partial charge in [-0.15, -0.1) is 0 Å². The molecule has 0 bridgehead atoms. The molecule has 126 valence electrons. The number of imide groups is 1. The number of piperidine rings is 1. The topological polar surface area (TPSA) is 82.5 Å². The number of carbonyl (C=O) groups excluding carboxylic acids is 2. The molecule has 2 saturated heterocycles. The van der Waals surface area contributed by atoms with Gasteiger partial charge in [0, 0.05) is 25.3 Å². The van der Waals surface area contributed by atoms with E-state index >= 15 is 0 Å². The highest BCUT2D eigenvalue weighted by atomic mass is 16.7. The second-order valence-electron chi connectivity index (χ2n) is 6.20. The van der Waals surface area contributed by atoms with E-state index in [0.717, 1.165) is 22.2 Å². The average Bonchev–Trinajstić information content (AvgIpc) is 3.16. The molecule has 1 unspecified atom stereocenters. The number of carbonyl (C=O) groups is 2. The molecule has 2 fully saturated rings. The fourth-order valence-electron chi connectivity index (χ4n) is 3.53. The maximum Gasteiger partial charge on any atom is 0.235 e. The van der Waals surface area contributed by atoms with Crippen LogP contribution < -0.4 is 5.32 Å². The van der Waals surface area contributed by atoms with Gasteiger partial charge in [-0.2, -0.15) is 5.10 Å². The van der Waals surface area contributed by atoms with Crippen LogP contribution in [0.5, 0.6) is 0 Å². The Kier molecular flexibility index (Phi) is 3.82. The lowest BCUT2D eigenvalue weighted by Crippen LogP contribution is -2.39. The maximum absolute atomic E-state index is 12.2. The Morgan fingerprint density at radius 1 is 1.29 bits per heavy atom.